The van der Waals surface area contributed by atoms with E-state index in [0.29, 0.717) is 5.56 Å². The monoisotopic (exact) mass is 229 g/mol. The van der Waals surface area contributed by atoms with Gasteiger partial charge in [-0.05, 0) is 24.6 Å². The Bertz CT molecular complexity index is 463. The van der Waals surface area contributed by atoms with Crippen molar-refractivity contribution in [1.82, 2.24) is 0 Å². The largest absolute Gasteiger partial charge is 0.481 e. The maximum Gasteiger partial charge on any atom is 0.310 e. The fraction of sp³-hybridized carbons (Fsp3) is 0.222. The highest BCUT2D eigenvalue weighted by atomic mass is 32.2. The van der Waals surface area contributed by atoms with Crippen LogP contribution in [0.1, 0.15) is 18.4 Å². The van der Waals surface area contributed by atoms with Gasteiger partial charge in [0.25, 0.3) is 0 Å². The van der Waals surface area contributed by atoms with Gasteiger partial charge >= 0.3 is 5.97 Å². The number of sulfonamides is 1. The first-order valence-corrected chi connectivity index (χ1v) is 5.72. The molecule has 0 bridgehead atoms. The topological polar surface area (TPSA) is 97.5 Å². The van der Waals surface area contributed by atoms with Gasteiger partial charge in [-0.15, -0.1) is 0 Å². The number of rotatable bonds is 3. The molecule has 0 aromatic heterocycles. The number of carboxylic acid groups (broad SMARTS) is 1. The molecule has 82 valence electrons. The lowest BCUT2D eigenvalue weighted by molar-refractivity contribution is -0.138. The third-order valence-corrected chi connectivity index (χ3v) is 3.01. The summed E-state index contributed by atoms with van der Waals surface area (Å²) >= 11 is 0. The fourth-order valence-corrected chi connectivity index (χ4v) is 1.60. The zero-order chi connectivity index (χ0) is 11.6. The lowest BCUT2D eigenvalue weighted by Gasteiger charge is -2.06. The first-order valence-electron chi connectivity index (χ1n) is 4.18. The molecule has 0 saturated carbocycles. The van der Waals surface area contributed by atoms with Crippen LogP contribution >= 0.6 is 0 Å². The van der Waals surface area contributed by atoms with E-state index in [1.54, 1.807) is 0 Å². The zero-order valence-electron chi connectivity index (χ0n) is 8.04. The number of carboxylic acids is 1. The van der Waals surface area contributed by atoms with Gasteiger partial charge in [-0.2, -0.15) is 0 Å². The smallest absolute Gasteiger partial charge is 0.310 e. The molecule has 0 spiro atoms. The number of hydrogen-bond donors (Lipinski definition) is 2. The number of primary sulfonamides is 1. The molecule has 0 fully saturated rings. The van der Waals surface area contributed by atoms with Crippen LogP contribution in [0.3, 0.4) is 0 Å². The Kier molecular flexibility index (Phi) is 3.11. The van der Waals surface area contributed by atoms with Crippen LogP contribution in [0.25, 0.3) is 0 Å². The summed E-state index contributed by atoms with van der Waals surface area (Å²) in [6, 6.07) is 5.48. The summed E-state index contributed by atoms with van der Waals surface area (Å²) in [6.45, 7) is 1.52. The van der Waals surface area contributed by atoms with Crippen molar-refractivity contribution in [3.8, 4) is 0 Å². The van der Waals surface area contributed by atoms with Crippen molar-refractivity contribution in [2.24, 2.45) is 5.14 Å². The van der Waals surface area contributed by atoms with Gasteiger partial charge in [-0.25, -0.2) is 13.6 Å². The van der Waals surface area contributed by atoms with E-state index in [0.717, 1.165) is 0 Å². The van der Waals surface area contributed by atoms with Crippen LogP contribution < -0.4 is 5.14 Å². The van der Waals surface area contributed by atoms with Gasteiger partial charge in [0, 0.05) is 0 Å². The maximum absolute atomic E-state index is 10.9. The lowest BCUT2D eigenvalue weighted by Crippen LogP contribution is -2.12. The summed E-state index contributed by atoms with van der Waals surface area (Å²) in [6.07, 6.45) is 0. The summed E-state index contributed by atoms with van der Waals surface area (Å²) in [4.78, 5) is 10.6. The summed E-state index contributed by atoms with van der Waals surface area (Å²) in [5.74, 6) is -1.63. The summed E-state index contributed by atoms with van der Waals surface area (Å²) < 4.78 is 21.8. The van der Waals surface area contributed by atoms with E-state index in [-0.39, 0.29) is 4.90 Å². The quantitative estimate of drug-likeness (QED) is 0.789. The average molecular weight is 229 g/mol. The highest BCUT2D eigenvalue weighted by Crippen LogP contribution is 2.17. The molecule has 0 aliphatic heterocycles. The second-order valence-corrected chi connectivity index (χ2v) is 4.74. The molecular weight excluding hydrogens is 218 g/mol. The Morgan fingerprint density at radius 1 is 1.33 bits per heavy atom. The molecule has 3 N–H and O–H groups in total. The molecule has 1 aromatic carbocycles. The Labute approximate surface area is 87.6 Å². The summed E-state index contributed by atoms with van der Waals surface area (Å²) in [5, 5.41) is 13.6. The number of hydrogen-bond acceptors (Lipinski definition) is 3. The Hall–Kier alpha value is -1.40. The minimum atomic E-state index is -3.71. The highest BCUT2D eigenvalue weighted by Gasteiger charge is 2.14. The van der Waals surface area contributed by atoms with Crippen LogP contribution in [-0.4, -0.2) is 19.5 Å². The van der Waals surface area contributed by atoms with Crippen LogP contribution in [0, 0.1) is 0 Å². The first-order chi connectivity index (χ1) is 6.82. The van der Waals surface area contributed by atoms with E-state index in [2.05, 4.69) is 0 Å². The highest BCUT2D eigenvalue weighted by molar-refractivity contribution is 7.89. The van der Waals surface area contributed by atoms with Crippen LogP contribution in [0.2, 0.25) is 0 Å². The molecule has 1 rings (SSSR count). The Balaban J connectivity index is 3.06. The first kappa shape index (κ1) is 11.7. The minimum absolute atomic E-state index is 0.0242. The number of nitrogens with two attached hydrogens (primary N) is 1. The zero-order valence-corrected chi connectivity index (χ0v) is 8.86. The van der Waals surface area contributed by atoms with Crippen LogP contribution in [0.5, 0.6) is 0 Å². The lowest BCUT2D eigenvalue weighted by atomic mass is 10.0. The van der Waals surface area contributed by atoms with E-state index in [9.17, 15) is 13.2 Å². The average Bonchev–Trinajstić information content (AvgIpc) is 2.15. The normalized spacial score (nSPS) is 13.5. The number of carbonyl (C=O) groups is 1. The Morgan fingerprint density at radius 3 is 2.13 bits per heavy atom. The van der Waals surface area contributed by atoms with Gasteiger partial charge in [-0.3, -0.25) is 4.79 Å². The van der Waals surface area contributed by atoms with Gasteiger partial charge in [0.05, 0.1) is 10.8 Å². The van der Waals surface area contributed by atoms with Gasteiger partial charge in [-0.1, -0.05) is 12.1 Å². The van der Waals surface area contributed by atoms with Crippen molar-refractivity contribution in [2.75, 3.05) is 0 Å². The van der Waals surface area contributed by atoms with E-state index >= 15 is 0 Å². The molecule has 0 unspecified atom stereocenters. The van der Waals surface area contributed by atoms with Gasteiger partial charge < -0.3 is 5.11 Å². The van der Waals surface area contributed by atoms with Crippen LogP contribution in [0.4, 0.5) is 0 Å². The third-order valence-electron chi connectivity index (χ3n) is 2.08. The maximum atomic E-state index is 10.9. The second-order valence-electron chi connectivity index (χ2n) is 3.17. The van der Waals surface area contributed by atoms with Crippen LogP contribution in [-0.2, 0) is 14.8 Å². The molecule has 0 aliphatic carbocycles. The molecular formula is C9H11NO4S. The molecule has 0 radical (unpaired) electrons. The van der Waals surface area contributed by atoms with Gasteiger partial charge in [0.1, 0.15) is 0 Å². The molecule has 5 nitrogen and oxygen atoms in total. The Morgan fingerprint density at radius 2 is 1.80 bits per heavy atom. The predicted molar refractivity (Wildman–Crippen MR) is 53.9 cm³/mol. The van der Waals surface area contributed by atoms with Gasteiger partial charge in [0.2, 0.25) is 10.0 Å². The molecule has 15 heavy (non-hydrogen) atoms. The SMILES string of the molecule is C[C@@H](C(=O)O)c1ccc(S(N)(=O)=O)cc1. The standard InChI is InChI=1S/C9H11NO4S/c1-6(9(11)12)7-2-4-8(5-3-7)15(10,13)14/h2-6H,1H3,(H,11,12)(H2,10,13,14)/t6-/m1/s1. The van der Waals surface area contributed by atoms with E-state index < -0.39 is 21.9 Å². The molecule has 1 aromatic rings. The molecule has 0 aliphatic rings. The van der Waals surface area contributed by atoms with Crippen molar-refractivity contribution in [2.45, 2.75) is 17.7 Å². The summed E-state index contributed by atoms with van der Waals surface area (Å²) in [5.41, 5.74) is 0.537. The predicted octanol–water partition coefficient (Wildman–Crippen LogP) is 0.522. The van der Waals surface area contributed by atoms with Gasteiger partial charge in [0.15, 0.2) is 0 Å². The molecule has 6 heteroatoms. The van der Waals surface area contributed by atoms with Crippen molar-refractivity contribution in [1.29, 1.82) is 0 Å². The van der Waals surface area contributed by atoms with Crippen molar-refractivity contribution < 1.29 is 18.3 Å². The second kappa shape index (κ2) is 4.00. The van der Waals surface area contributed by atoms with E-state index in [4.69, 9.17) is 10.2 Å². The minimum Gasteiger partial charge on any atom is -0.481 e. The van der Waals surface area contributed by atoms with Crippen molar-refractivity contribution in [3.63, 3.8) is 0 Å². The van der Waals surface area contributed by atoms with Crippen molar-refractivity contribution >= 4 is 16.0 Å². The number of benzene rings is 1. The molecule has 0 heterocycles. The third kappa shape index (κ3) is 2.77. The van der Waals surface area contributed by atoms with Crippen molar-refractivity contribution in [3.05, 3.63) is 29.8 Å². The van der Waals surface area contributed by atoms with E-state index in [1.807, 2.05) is 0 Å². The molecule has 1 atom stereocenters. The van der Waals surface area contributed by atoms with Crippen LogP contribution in [0.15, 0.2) is 29.2 Å². The molecule has 0 saturated heterocycles. The number of aliphatic carboxylic acids is 1. The molecule has 0 amide bonds. The van der Waals surface area contributed by atoms with E-state index in [1.165, 1.54) is 31.2 Å². The fourth-order valence-electron chi connectivity index (χ4n) is 1.09. The summed E-state index contributed by atoms with van der Waals surface area (Å²) in [7, 11) is -3.71.